The molecule has 1 atom stereocenters. The minimum absolute atomic E-state index is 0.111. The van der Waals surface area contributed by atoms with E-state index in [1.807, 2.05) is 11.8 Å². The summed E-state index contributed by atoms with van der Waals surface area (Å²) in [5.41, 5.74) is 0. The van der Waals surface area contributed by atoms with Crippen LogP contribution in [0, 0.1) is 0 Å². The van der Waals surface area contributed by atoms with Crippen LogP contribution < -0.4 is 5.32 Å². The third-order valence-corrected chi connectivity index (χ3v) is 4.71. The molecule has 1 aliphatic heterocycles. The molecule has 0 bridgehead atoms. The Morgan fingerprint density at radius 3 is 2.75 bits per heavy atom. The summed E-state index contributed by atoms with van der Waals surface area (Å²) in [7, 11) is 1.45. The van der Waals surface area contributed by atoms with Crippen molar-refractivity contribution in [2.75, 3.05) is 32.5 Å². The van der Waals surface area contributed by atoms with Crippen LogP contribution in [0.5, 0.6) is 0 Å². The Morgan fingerprint density at radius 1 is 1.45 bits per heavy atom. The molecule has 1 unspecified atom stereocenters. The second-order valence-electron chi connectivity index (χ2n) is 5.49. The number of ether oxygens (including phenoxy) is 1. The van der Waals surface area contributed by atoms with Crippen molar-refractivity contribution in [3.8, 4) is 0 Å². The predicted molar refractivity (Wildman–Crippen MR) is 79.2 cm³/mol. The number of methoxy groups -OCH3 is 1. The van der Waals surface area contributed by atoms with Crippen molar-refractivity contribution in [1.29, 1.82) is 0 Å². The van der Waals surface area contributed by atoms with Gasteiger partial charge in [-0.05, 0) is 6.42 Å². The van der Waals surface area contributed by atoms with Crippen molar-refractivity contribution in [2.45, 2.75) is 37.5 Å². The number of hydrogen-bond acceptors (Lipinski definition) is 4. The van der Waals surface area contributed by atoms with Gasteiger partial charge in [-0.15, -0.1) is 0 Å². The molecular weight excluding hydrogens is 280 g/mol. The summed E-state index contributed by atoms with van der Waals surface area (Å²) in [5.74, 6) is -0.0116. The first-order valence-corrected chi connectivity index (χ1v) is 7.74. The van der Waals surface area contributed by atoms with Gasteiger partial charge in [0.1, 0.15) is 0 Å². The molecule has 0 saturated carbocycles. The standard InChI is InChI=1S/C13H24N2O4S/c1-13(2)4-5-15(6-7-20-13)12(18)14-9-10(19-3)8-11(16)17/h10H,4-9H2,1-3H3,(H,14,18)(H,16,17). The van der Waals surface area contributed by atoms with Gasteiger partial charge in [-0.2, -0.15) is 11.8 Å². The Hall–Kier alpha value is -0.950. The summed E-state index contributed by atoms with van der Waals surface area (Å²) in [5, 5.41) is 11.5. The monoisotopic (exact) mass is 304 g/mol. The maximum absolute atomic E-state index is 12.1. The normalized spacial score (nSPS) is 20.1. The van der Waals surface area contributed by atoms with Crippen LogP contribution in [0.25, 0.3) is 0 Å². The van der Waals surface area contributed by atoms with E-state index in [0.717, 1.165) is 25.3 Å². The van der Waals surface area contributed by atoms with Gasteiger partial charge in [0.2, 0.25) is 0 Å². The molecule has 1 rings (SSSR count). The van der Waals surface area contributed by atoms with Crippen molar-refractivity contribution < 1.29 is 19.4 Å². The van der Waals surface area contributed by atoms with Gasteiger partial charge in [-0.1, -0.05) is 13.8 Å². The molecule has 6 nitrogen and oxygen atoms in total. The highest BCUT2D eigenvalue weighted by Crippen LogP contribution is 2.30. The molecule has 116 valence electrons. The lowest BCUT2D eigenvalue weighted by molar-refractivity contribution is -0.139. The van der Waals surface area contributed by atoms with Gasteiger partial charge >= 0.3 is 12.0 Å². The van der Waals surface area contributed by atoms with Gasteiger partial charge in [0.25, 0.3) is 0 Å². The average molecular weight is 304 g/mol. The van der Waals surface area contributed by atoms with E-state index in [1.165, 1.54) is 7.11 Å². The van der Waals surface area contributed by atoms with E-state index in [2.05, 4.69) is 19.2 Å². The Balaban J connectivity index is 2.40. The first-order chi connectivity index (χ1) is 9.34. The Morgan fingerprint density at radius 2 is 2.15 bits per heavy atom. The summed E-state index contributed by atoms with van der Waals surface area (Å²) >= 11 is 1.88. The number of urea groups is 1. The molecule has 7 heteroatoms. The lowest BCUT2D eigenvalue weighted by atomic mass is 10.1. The lowest BCUT2D eigenvalue weighted by Gasteiger charge is -2.23. The molecular formula is C13H24N2O4S. The molecule has 0 aromatic heterocycles. The molecule has 1 saturated heterocycles. The molecule has 0 aliphatic carbocycles. The van der Waals surface area contributed by atoms with E-state index in [4.69, 9.17) is 9.84 Å². The molecule has 0 radical (unpaired) electrons. The van der Waals surface area contributed by atoms with Gasteiger partial charge in [0.15, 0.2) is 0 Å². The molecule has 2 amide bonds. The van der Waals surface area contributed by atoms with Gasteiger partial charge < -0.3 is 20.1 Å². The van der Waals surface area contributed by atoms with Crippen molar-refractivity contribution in [3.63, 3.8) is 0 Å². The van der Waals surface area contributed by atoms with Gasteiger partial charge in [0, 0.05) is 37.2 Å². The smallest absolute Gasteiger partial charge is 0.317 e. The number of hydrogen-bond donors (Lipinski definition) is 2. The average Bonchev–Trinajstić information content (AvgIpc) is 2.54. The Kier molecular flexibility index (Phi) is 6.61. The summed E-state index contributed by atoms with van der Waals surface area (Å²) < 4.78 is 5.24. The van der Waals surface area contributed by atoms with Crippen LogP contribution in [0.4, 0.5) is 4.79 Å². The first kappa shape index (κ1) is 17.1. The van der Waals surface area contributed by atoms with Crippen LogP contribution in [-0.2, 0) is 9.53 Å². The number of thioether (sulfide) groups is 1. The van der Waals surface area contributed by atoms with Crippen LogP contribution in [0.2, 0.25) is 0 Å². The second-order valence-corrected chi connectivity index (χ2v) is 7.29. The maximum Gasteiger partial charge on any atom is 0.317 e. The number of nitrogens with one attached hydrogen (secondary N) is 1. The molecule has 1 fully saturated rings. The van der Waals surface area contributed by atoms with E-state index in [9.17, 15) is 9.59 Å². The third kappa shape index (κ3) is 6.00. The predicted octanol–water partition coefficient (Wildman–Crippen LogP) is 1.40. The minimum atomic E-state index is -0.931. The number of nitrogens with zero attached hydrogens (tertiary/aromatic N) is 1. The van der Waals surface area contributed by atoms with Crippen molar-refractivity contribution in [1.82, 2.24) is 10.2 Å². The zero-order chi connectivity index (χ0) is 15.2. The molecule has 2 N–H and O–H groups in total. The lowest BCUT2D eigenvalue weighted by Crippen LogP contribution is -2.44. The fraction of sp³-hybridized carbons (Fsp3) is 0.846. The molecule has 0 aromatic carbocycles. The minimum Gasteiger partial charge on any atom is -0.481 e. The first-order valence-electron chi connectivity index (χ1n) is 6.75. The fourth-order valence-corrected chi connectivity index (χ4v) is 3.07. The summed E-state index contributed by atoms with van der Waals surface area (Å²) in [4.78, 5) is 24.5. The molecule has 1 aliphatic rings. The van der Waals surface area contributed by atoms with Crippen LogP contribution >= 0.6 is 11.8 Å². The number of carbonyl (C=O) groups excluding carboxylic acids is 1. The van der Waals surface area contributed by atoms with Crippen LogP contribution in [0.15, 0.2) is 0 Å². The van der Waals surface area contributed by atoms with Crippen LogP contribution in [0.3, 0.4) is 0 Å². The topological polar surface area (TPSA) is 78.9 Å². The molecule has 0 aromatic rings. The highest BCUT2D eigenvalue weighted by molar-refractivity contribution is 8.00. The van der Waals surface area contributed by atoms with E-state index in [1.54, 1.807) is 4.90 Å². The number of carboxylic acids is 1. The number of rotatable bonds is 5. The number of aliphatic carboxylic acids is 1. The van der Waals surface area contributed by atoms with Gasteiger partial charge in [-0.3, -0.25) is 4.79 Å². The largest absolute Gasteiger partial charge is 0.481 e. The van der Waals surface area contributed by atoms with Gasteiger partial charge in [-0.25, -0.2) is 4.79 Å². The quantitative estimate of drug-likeness (QED) is 0.803. The zero-order valence-electron chi connectivity index (χ0n) is 12.3. The highest BCUT2D eigenvalue weighted by atomic mass is 32.2. The Bertz CT molecular complexity index is 349. The number of amides is 2. The highest BCUT2D eigenvalue weighted by Gasteiger charge is 2.26. The summed E-state index contributed by atoms with van der Waals surface area (Å²) in [6, 6.07) is -0.143. The molecule has 20 heavy (non-hydrogen) atoms. The number of carboxylic acid groups (broad SMARTS) is 1. The fourth-order valence-electron chi connectivity index (χ4n) is 1.97. The van der Waals surface area contributed by atoms with Crippen molar-refractivity contribution in [2.24, 2.45) is 0 Å². The summed E-state index contributed by atoms with van der Waals surface area (Å²) in [6.45, 7) is 6.04. The Labute approximate surface area is 124 Å². The van der Waals surface area contributed by atoms with Gasteiger partial charge in [0.05, 0.1) is 12.5 Å². The second kappa shape index (κ2) is 7.73. The SMILES string of the molecule is COC(CNC(=O)N1CCSC(C)(C)CC1)CC(=O)O. The molecule has 0 spiro atoms. The maximum atomic E-state index is 12.1. The number of carbonyl (C=O) groups is 2. The van der Waals surface area contributed by atoms with E-state index < -0.39 is 12.1 Å². The van der Waals surface area contributed by atoms with Crippen molar-refractivity contribution in [3.05, 3.63) is 0 Å². The van der Waals surface area contributed by atoms with Crippen molar-refractivity contribution >= 4 is 23.8 Å². The third-order valence-electron chi connectivity index (χ3n) is 3.34. The summed E-state index contributed by atoms with van der Waals surface area (Å²) in [6.07, 6.45) is 0.349. The van der Waals surface area contributed by atoms with E-state index in [-0.39, 0.29) is 23.7 Å². The van der Waals surface area contributed by atoms with E-state index >= 15 is 0 Å². The zero-order valence-corrected chi connectivity index (χ0v) is 13.2. The van der Waals surface area contributed by atoms with Crippen LogP contribution in [-0.4, -0.2) is 65.4 Å². The van der Waals surface area contributed by atoms with E-state index in [0.29, 0.717) is 0 Å². The molecule has 1 heterocycles. The van der Waals surface area contributed by atoms with Crippen LogP contribution in [0.1, 0.15) is 26.7 Å².